The van der Waals surface area contributed by atoms with E-state index < -0.39 is 0 Å². The van der Waals surface area contributed by atoms with Gasteiger partial charge in [0.1, 0.15) is 0 Å². The molecule has 1 aliphatic heterocycles. The summed E-state index contributed by atoms with van der Waals surface area (Å²) in [6.07, 6.45) is 1.18. The van der Waals surface area contributed by atoms with E-state index in [9.17, 15) is 0 Å². The maximum Gasteiger partial charge on any atom is 0.0451 e. The number of halogens is 2. The highest BCUT2D eigenvalue weighted by molar-refractivity contribution is 8.93. The van der Waals surface area contributed by atoms with Crippen molar-refractivity contribution in [2.75, 3.05) is 6.54 Å². The molecule has 0 saturated carbocycles. The van der Waals surface area contributed by atoms with Crippen molar-refractivity contribution in [1.29, 1.82) is 0 Å². The van der Waals surface area contributed by atoms with Gasteiger partial charge in [0, 0.05) is 29.5 Å². The quantitative estimate of drug-likeness (QED) is 0.773. The summed E-state index contributed by atoms with van der Waals surface area (Å²) in [6.45, 7) is 3.15. The zero-order valence-corrected chi connectivity index (χ0v) is 13.2. The van der Waals surface area contributed by atoms with Crippen LogP contribution in [-0.2, 0) is 19.5 Å². The number of hydrogen-bond donors (Lipinski definition) is 0. The zero-order chi connectivity index (χ0) is 11.7. The van der Waals surface area contributed by atoms with Gasteiger partial charge in [0.2, 0.25) is 0 Å². The Labute approximate surface area is 127 Å². The molecule has 96 valence electrons. The fourth-order valence-electron chi connectivity index (χ4n) is 2.31. The summed E-state index contributed by atoms with van der Waals surface area (Å²) in [4.78, 5) is 4.02. The van der Waals surface area contributed by atoms with Gasteiger partial charge in [-0.3, -0.25) is 4.90 Å². The molecule has 4 heteroatoms. The van der Waals surface area contributed by atoms with E-state index in [1.807, 2.05) is 23.5 Å². The van der Waals surface area contributed by atoms with Crippen LogP contribution in [0.3, 0.4) is 0 Å². The third kappa shape index (κ3) is 2.97. The number of thiophene rings is 1. The smallest absolute Gasteiger partial charge is 0.0451 e. The molecule has 0 fully saturated rings. The zero-order valence-electron chi connectivity index (χ0n) is 9.93. The standard InChI is InChI=1S/C14H14ClNS.BrH/c15-13-4-2-1-3-11(13)9-16-7-5-14-12(10-16)6-8-17-14;/h1-4,6,8H,5,7,9-10H2;1H. The van der Waals surface area contributed by atoms with Crippen LogP contribution in [0.5, 0.6) is 0 Å². The van der Waals surface area contributed by atoms with Crippen LogP contribution in [0.25, 0.3) is 0 Å². The summed E-state index contributed by atoms with van der Waals surface area (Å²) < 4.78 is 0. The first kappa shape index (κ1) is 14.1. The van der Waals surface area contributed by atoms with Crippen LogP contribution in [0.1, 0.15) is 16.0 Å². The van der Waals surface area contributed by atoms with E-state index in [4.69, 9.17) is 11.6 Å². The Hall–Kier alpha value is -0.350. The molecule has 0 atom stereocenters. The molecule has 0 radical (unpaired) electrons. The molecule has 0 unspecified atom stereocenters. The molecule has 2 aromatic rings. The first-order valence-electron chi connectivity index (χ1n) is 5.84. The second-order valence-corrected chi connectivity index (χ2v) is 5.83. The van der Waals surface area contributed by atoms with E-state index in [0.717, 1.165) is 24.7 Å². The molecule has 0 aliphatic carbocycles. The van der Waals surface area contributed by atoms with E-state index in [1.54, 1.807) is 4.88 Å². The minimum Gasteiger partial charge on any atom is -0.294 e. The minimum absolute atomic E-state index is 0. The van der Waals surface area contributed by atoms with Crippen LogP contribution in [0, 0.1) is 0 Å². The third-order valence-corrected chi connectivity index (χ3v) is 4.63. The van der Waals surface area contributed by atoms with E-state index >= 15 is 0 Å². The Morgan fingerprint density at radius 3 is 2.89 bits per heavy atom. The summed E-state index contributed by atoms with van der Waals surface area (Å²) in [7, 11) is 0. The van der Waals surface area contributed by atoms with Crippen molar-refractivity contribution in [1.82, 2.24) is 4.90 Å². The SMILES string of the molecule is Br.Clc1ccccc1CN1CCc2sccc2C1. The molecule has 0 bridgehead atoms. The second kappa shape index (κ2) is 6.20. The molecule has 1 aromatic carbocycles. The van der Waals surface area contributed by atoms with Crippen LogP contribution in [0.2, 0.25) is 5.02 Å². The van der Waals surface area contributed by atoms with Crippen LogP contribution in [0.4, 0.5) is 0 Å². The molecule has 0 spiro atoms. The lowest BCUT2D eigenvalue weighted by Crippen LogP contribution is -2.29. The minimum atomic E-state index is 0. The Balaban J connectivity index is 0.00000120. The van der Waals surface area contributed by atoms with Crippen LogP contribution >= 0.6 is 39.9 Å². The maximum absolute atomic E-state index is 6.20. The number of fused-ring (bicyclic) bond motifs is 1. The Kier molecular flexibility index (Phi) is 4.84. The number of hydrogen-bond acceptors (Lipinski definition) is 2. The monoisotopic (exact) mass is 343 g/mol. The first-order valence-corrected chi connectivity index (χ1v) is 7.10. The Morgan fingerprint density at radius 1 is 1.22 bits per heavy atom. The average molecular weight is 345 g/mol. The van der Waals surface area contributed by atoms with Crippen molar-refractivity contribution in [3.8, 4) is 0 Å². The molecule has 0 N–H and O–H groups in total. The van der Waals surface area contributed by atoms with Gasteiger partial charge in [-0.05, 0) is 35.1 Å². The number of nitrogens with zero attached hydrogens (tertiary/aromatic N) is 1. The van der Waals surface area contributed by atoms with Crippen molar-refractivity contribution >= 4 is 39.9 Å². The van der Waals surface area contributed by atoms with Gasteiger partial charge in [0.05, 0.1) is 0 Å². The summed E-state index contributed by atoms with van der Waals surface area (Å²) >= 11 is 8.08. The van der Waals surface area contributed by atoms with Crippen molar-refractivity contribution in [2.24, 2.45) is 0 Å². The molecule has 1 nitrogen and oxygen atoms in total. The third-order valence-electron chi connectivity index (χ3n) is 3.24. The maximum atomic E-state index is 6.20. The van der Waals surface area contributed by atoms with E-state index in [-0.39, 0.29) is 17.0 Å². The van der Waals surface area contributed by atoms with Gasteiger partial charge in [0.25, 0.3) is 0 Å². The van der Waals surface area contributed by atoms with Crippen molar-refractivity contribution in [3.63, 3.8) is 0 Å². The molecule has 0 saturated heterocycles. The molecule has 0 amide bonds. The fraction of sp³-hybridized carbons (Fsp3) is 0.286. The second-order valence-electron chi connectivity index (χ2n) is 4.42. The molecule has 1 aromatic heterocycles. The molecule has 3 rings (SSSR count). The van der Waals surface area contributed by atoms with Gasteiger partial charge in [-0.2, -0.15) is 0 Å². The number of rotatable bonds is 2. The van der Waals surface area contributed by atoms with Crippen LogP contribution < -0.4 is 0 Å². The summed E-state index contributed by atoms with van der Waals surface area (Å²) in [5.41, 5.74) is 2.72. The largest absolute Gasteiger partial charge is 0.294 e. The first-order chi connectivity index (χ1) is 8.33. The molecule has 1 aliphatic rings. The van der Waals surface area contributed by atoms with Gasteiger partial charge in [-0.25, -0.2) is 0 Å². The van der Waals surface area contributed by atoms with Gasteiger partial charge in [0.15, 0.2) is 0 Å². The van der Waals surface area contributed by atoms with Crippen molar-refractivity contribution < 1.29 is 0 Å². The topological polar surface area (TPSA) is 3.24 Å². The van der Waals surface area contributed by atoms with Gasteiger partial charge < -0.3 is 0 Å². The predicted molar refractivity (Wildman–Crippen MR) is 83.9 cm³/mol. The van der Waals surface area contributed by atoms with Gasteiger partial charge >= 0.3 is 0 Å². The molecule has 18 heavy (non-hydrogen) atoms. The fourth-order valence-corrected chi connectivity index (χ4v) is 3.39. The lowest BCUT2D eigenvalue weighted by molar-refractivity contribution is 0.247. The molecular formula is C14H15BrClNS. The van der Waals surface area contributed by atoms with Crippen molar-refractivity contribution in [3.05, 3.63) is 56.7 Å². The highest BCUT2D eigenvalue weighted by Gasteiger charge is 2.17. The lowest BCUT2D eigenvalue weighted by atomic mass is 10.1. The van der Waals surface area contributed by atoms with Crippen molar-refractivity contribution in [2.45, 2.75) is 19.5 Å². The molecular weight excluding hydrogens is 330 g/mol. The van der Waals surface area contributed by atoms with E-state index in [1.165, 1.54) is 17.5 Å². The predicted octanol–water partition coefficient (Wildman–Crippen LogP) is 4.54. The average Bonchev–Trinajstić information content (AvgIpc) is 2.79. The Bertz CT molecular complexity index is 526. The summed E-state index contributed by atoms with van der Waals surface area (Å²) in [5, 5.41) is 3.08. The van der Waals surface area contributed by atoms with E-state index in [0.29, 0.717) is 0 Å². The Morgan fingerprint density at radius 2 is 2.06 bits per heavy atom. The summed E-state index contributed by atoms with van der Waals surface area (Å²) in [6, 6.07) is 10.4. The highest BCUT2D eigenvalue weighted by Crippen LogP contribution is 2.26. The van der Waals surface area contributed by atoms with Crippen LogP contribution in [-0.4, -0.2) is 11.4 Å². The van der Waals surface area contributed by atoms with Gasteiger partial charge in [-0.15, -0.1) is 28.3 Å². The normalized spacial score (nSPS) is 14.9. The van der Waals surface area contributed by atoms with Gasteiger partial charge in [-0.1, -0.05) is 29.8 Å². The van der Waals surface area contributed by atoms with E-state index in [2.05, 4.69) is 28.5 Å². The van der Waals surface area contributed by atoms with Crippen LogP contribution in [0.15, 0.2) is 35.7 Å². The lowest BCUT2D eigenvalue weighted by Gasteiger charge is -2.27. The number of benzene rings is 1. The molecule has 2 heterocycles. The highest BCUT2D eigenvalue weighted by atomic mass is 79.9. The summed E-state index contributed by atoms with van der Waals surface area (Å²) in [5.74, 6) is 0.